The van der Waals surface area contributed by atoms with Crippen molar-refractivity contribution in [2.24, 2.45) is 4.99 Å². The number of allylic oxidation sites excluding steroid dienone is 1. The average Bonchev–Trinajstić information content (AvgIpc) is 2.92. The molecule has 5 nitrogen and oxygen atoms in total. The van der Waals surface area contributed by atoms with Crippen LogP contribution in [0.15, 0.2) is 89.1 Å². The van der Waals surface area contributed by atoms with Crippen molar-refractivity contribution in [3.8, 4) is 0 Å². The van der Waals surface area contributed by atoms with Gasteiger partial charge in [0.1, 0.15) is 0 Å². The van der Waals surface area contributed by atoms with Gasteiger partial charge in [-0.1, -0.05) is 48.0 Å². The number of hydrogen-bond acceptors (Lipinski definition) is 3. The Morgan fingerprint density at radius 1 is 0.927 bits per heavy atom. The summed E-state index contributed by atoms with van der Waals surface area (Å²) in [5, 5.41) is 3.53. The van der Waals surface area contributed by atoms with Crippen LogP contribution in [-0.2, 0) is 35.0 Å². The number of benzene rings is 3. The third-order valence-corrected chi connectivity index (χ3v) is 6.70. The number of rotatable bonds is 6. The lowest BCUT2D eigenvalue weighted by molar-refractivity contribution is -0.138. The summed E-state index contributed by atoms with van der Waals surface area (Å²) in [5.74, 6) is -0.555. The van der Waals surface area contributed by atoms with Gasteiger partial charge >= 0.3 is 18.3 Å². The summed E-state index contributed by atoms with van der Waals surface area (Å²) in [4.78, 5) is 19.0. The number of carbonyl (C=O) groups is 1. The molecule has 1 heterocycles. The Morgan fingerprint density at radius 3 is 2.10 bits per heavy atom. The Kier molecular flexibility index (Phi) is 8.67. The third-order valence-electron chi connectivity index (χ3n) is 6.46. The van der Waals surface area contributed by atoms with Crippen molar-refractivity contribution in [3.63, 3.8) is 0 Å². The molecule has 0 saturated heterocycles. The lowest BCUT2D eigenvalue weighted by atomic mass is 9.94. The maximum atomic E-state index is 13.4. The van der Waals surface area contributed by atoms with Crippen molar-refractivity contribution in [2.75, 3.05) is 7.11 Å². The van der Waals surface area contributed by atoms with E-state index in [1.54, 1.807) is 31.2 Å². The molecule has 3 aromatic rings. The molecular weight excluding hydrogens is 572 g/mol. The first-order valence-corrected chi connectivity index (χ1v) is 12.6. The van der Waals surface area contributed by atoms with Crippen molar-refractivity contribution in [1.82, 2.24) is 10.2 Å². The van der Waals surface area contributed by atoms with E-state index < -0.39 is 35.5 Å². The second kappa shape index (κ2) is 11.9. The first-order chi connectivity index (χ1) is 19.3. The summed E-state index contributed by atoms with van der Waals surface area (Å²) < 4.78 is 85.0. The molecule has 0 radical (unpaired) electrons. The Hall–Kier alpha value is -3.99. The van der Waals surface area contributed by atoms with Crippen molar-refractivity contribution in [3.05, 3.63) is 117 Å². The standard InChI is InChI=1S/C29H24ClF6N3O2/c1-17-24(26(40)41-2)25(20-8-5-11-23(30)14-20)38-27(37-15-18-6-3-9-21(12-18)28(31,32)33)39(17)16-19-7-4-10-22(13-19)29(34,35)36/h3-14,25H,15-16H2,1-2H3,(H,37,38). The minimum Gasteiger partial charge on any atom is -0.466 e. The van der Waals surface area contributed by atoms with Gasteiger partial charge in [0.25, 0.3) is 0 Å². The molecule has 0 amide bonds. The van der Waals surface area contributed by atoms with Gasteiger partial charge in [0.2, 0.25) is 0 Å². The number of guanidine groups is 1. The Bertz CT molecular complexity index is 1500. The number of ether oxygens (including phenoxy) is 1. The van der Waals surface area contributed by atoms with Crippen LogP contribution in [0, 0.1) is 0 Å². The van der Waals surface area contributed by atoms with Gasteiger partial charge in [-0.05, 0) is 60.0 Å². The van der Waals surface area contributed by atoms with Gasteiger partial charge in [-0.2, -0.15) is 26.3 Å². The number of nitrogens with one attached hydrogen (secondary N) is 1. The van der Waals surface area contributed by atoms with Crippen LogP contribution in [0.1, 0.15) is 40.8 Å². The minimum atomic E-state index is -4.57. The van der Waals surface area contributed by atoms with E-state index in [2.05, 4.69) is 10.3 Å². The van der Waals surface area contributed by atoms with E-state index in [0.717, 1.165) is 24.3 Å². The van der Waals surface area contributed by atoms with Crippen LogP contribution < -0.4 is 5.32 Å². The number of carbonyl (C=O) groups excluding carboxylic acids is 1. The van der Waals surface area contributed by atoms with E-state index in [4.69, 9.17) is 16.3 Å². The van der Waals surface area contributed by atoms with Gasteiger partial charge < -0.3 is 15.0 Å². The second-order valence-electron chi connectivity index (χ2n) is 9.25. The number of esters is 1. The van der Waals surface area contributed by atoms with Crippen molar-refractivity contribution < 1.29 is 35.9 Å². The van der Waals surface area contributed by atoms with E-state index in [9.17, 15) is 31.1 Å². The molecule has 12 heteroatoms. The average molecular weight is 596 g/mol. The molecule has 1 atom stereocenters. The van der Waals surface area contributed by atoms with Crippen molar-refractivity contribution >= 4 is 23.5 Å². The van der Waals surface area contributed by atoms with Gasteiger partial charge in [0.05, 0.1) is 42.9 Å². The second-order valence-corrected chi connectivity index (χ2v) is 9.68. The molecule has 0 aliphatic carbocycles. The van der Waals surface area contributed by atoms with Crippen LogP contribution in [0.4, 0.5) is 26.3 Å². The zero-order valence-electron chi connectivity index (χ0n) is 21.8. The van der Waals surface area contributed by atoms with Gasteiger partial charge in [-0.15, -0.1) is 0 Å². The van der Waals surface area contributed by atoms with Crippen molar-refractivity contribution in [1.29, 1.82) is 0 Å². The van der Waals surface area contributed by atoms with E-state index in [1.165, 1.54) is 36.3 Å². The third kappa shape index (κ3) is 7.02. The summed E-state index contributed by atoms with van der Waals surface area (Å²) >= 11 is 6.19. The number of alkyl halides is 6. The quantitative estimate of drug-likeness (QED) is 0.236. The molecule has 0 aromatic heterocycles. The molecule has 1 aliphatic heterocycles. The van der Waals surface area contributed by atoms with Gasteiger partial charge in [0, 0.05) is 10.7 Å². The summed E-state index contributed by atoms with van der Waals surface area (Å²) in [6, 6.07) is 15.2. The maximum Gasteiger partial charge on any atom is 0.416 e. The van der Waals surface area contributed by atoms with E-state index in [1.807, 2.05) is 0 Å². The zero-order chi connectivity index (χ0) is 29.9. The lowest BCUT2D eigenvalue weighted by Gasteiger charge is -2.38. The predicted octanol–water partition coefficient (Wildman–Crippen LogP) is 7.53. The van der Waals surface area contributed by atoms with Crippen LogP contribution in [0.3, 0.4) is 0 Å². The molecule has 0 spiro atoms. The number of nitrogens with zero attached hydrogens (tertiary/aromatic N) is 2. The number of aliphatic imine (C=N–C) groups is 1. The molecule has 1 aliphatic rings. The normalized spacial score (nSPS) is 17.0. The van der Waals surface area contributed by atoms with E-state index in [0.29, 0.717) is 16.3 Å². The minimum absolute atomic E-state index is 0.132. The smallest absolute Gasteiger partial charge is 0.416 e. The van der Waals surface area contributed by atoms with Crippen LogP contribution in [-0.4, -0.2) is 23.9 Å². The Labute approximate surface area is 237 Å². The molecule has 216 valence electrons. The molecule has 4 rings (SSSR count). The van der Waals surface area contributed by atoms with Crippen LogP contribution in [0.5, 0.6) is 0 Å². The first-order valence-electron chi connectivity index (χ1n) is 12.2. The molecular formula is C29H24ClF6N3O2. The first kappa shape index (κ1) is 30.0. The molecule has 41 heavy (non-hydrogen) atoms. The summed E-state index contributed by atoms with van der Waals surface area (Å²) in [5.41, 5.74) is -0.100. The Morgan fingerprint density at radius 2 is 1.51 bits per heavy atom. The Balaban J connectivity index is 1.82. The van der Waals surface area contributed by atoms with Crippen LogP contribution >= 0.6 is 11.6 Å². The largest absolute Gasteiger partial charge is 0.466 e. The molecule has 0 fully saturated rings. The highest BCUT2D eigenvalue weighted by atomic mass is 35.5. The fourth-order valence-electron chi connectivity index (χ4n) is 4.47. The van der Waals surface area contributed by atoms with Crippen molar-refractivity contribution in [2.45, 2.75) is 38.4 Å². The van der Waals surface area contributed by atoms with Gasteiger partial charge in [0.15, 0.2) is 5.96 Å². The van der Waals surface area contributed by atoms with E-state index >= 15 is 0 Å². The fourth-order valence-corrected chi connectivity index (χ4v) is 4.67. The molecule has 1 N–H and O–H groups in total. The molecule has 1 unspecified atom stereocenters. The lowest BCUT2D eigenvalue weighted by Crippen LogP contribution is -2.48. The highest BCUT2D eigenvalue weighted by molar-refractivity contribution is 6.30. The van der Waals surface area contributed by atoms with Crippen LogP contribution in [0.2, 0.25) is 5.02 Å². The molecule has 0 bridgehead atoms. The topological polar surface area (TPSA) is 53.9 Å². The predicted molar refractivity (Wildman–Crippen MR) is 142 cm³/mol. The fraction of sp³-hybridized carbons (Fsp3) is 0.241. The number of halogens is 7. The zero-order valence-corrected chi connectivity index (χ0v) is 22.5. The maximum absolute atomic E-state index is 13.4. The van der Waals surface area contributed by atoms with Crippen LogP contribution in [0.25, 0.3) is 0 Å². The summed E-state index contributed by atoms with van der Waals surface area (Å²) in [6.45, 7) is 1.28. The van der Waals surface area contributed by atoms with E-state index in [-0.39, 0.29) is 35.7 Å². The molecule has 3 aromatic carbocycles. The highest BCUT2D eigenvalue weighted by Gasteiger charge is 2.36. The highest BCUT2D eigenvalue weighted by Crippen LogP contribution is 2.35. The van der Waals surface area contributed by atoms with Gasteiger partial charge in [-0.25, -0.2) is 9.79 Å². The summed E-state index contributed by atoms with van der Waals surface area (Å²) in [6.07, 6.45) is -9.12. The number of methoxy groups -OCH3 is 1. The summed E-state index contributed by atoms with van der Waals surface area (Å²) in [7, 11) is 1.20. The van der Waals surface area contributed by atoms with Gasteiger partial charge in [-0.3, -0.25) is 0 Å². The number of hydrogen-bond donors (Lipinski definition) is 1. The molecule has 0 saturated carbocycles. The monoisotopic (exact) mass is 595 g/mol. The SMILES string of the molecule is COC(=O)C1=C(C)N(Cc2cccc(C(F)(F)F)c2)C(=NCc2cccc(C(F)(F)F)c2)NC1c1cccc(Cl)c1.